The summed E-state index contributed by atoms with van der Waals surface area (Å²) in [6, 6.07) is 4.13. The van der Waals surface area contributed by atoms with Crippen molar-refractivity contribution >= 4 is 33.5 Å². The molecule has 1 aromatic rings. The average Bonchev–Trinajstić information content (AvgIpc) is 2.64. The second-order valence-electron chi connectivity index (χ2n) is 3.64. The molecule has 0 unspecified atom stereocenters. The molecule has 0 N–H and O–H groups in total. The Labute approximate surface area is 103 Å². The van der Waals surface area contributed by atoms with E-state index in [4.69, 9.17) is 0 Å². The van der Waals surface area contributed by atoms with Crippen molar-refractivity contribution < 1.29 is 0 Å². The standard InChI is InChI=1S/C10H14BrN3S/c1-13-4-6-14(7-5-13)12-8-9-2-3-10(11)15-9/h2-3,8H,4-7H2,1H3. The highest BCUT2D eigenvalue weighted by molar-refractivity contribution is 9.11. The molecule has 1 aromatic heterocycles. The van der Waals surface area contributed by atoms with Crippen LogP contribution in [0.4, 0.5) is 0 Å². The highest BCUT2D eigenvalue weighted by Gasteiger charge is 2.10. The maximum Gasteiger partial charge on any atom is 0.0705 e. The summed E-state index contributed by atoms with van der Waals surface area (Å²) < 4.78 is 1.15. The Morgan fingerprint density at radius 1 is 1.33 bits per heavy atom. The lowest BCUT2D eigenvalue weighted by molar-refractivity contribution is 0.159. The van der Waals surface area contributed by atoms with Crippen LogP contribution in [-0.4, -0.2) is 49.4 Å². The van der Waals surface area contributed by atoms with E-state index in [0.717, 1.165) is 30.0 Å². The first-order valence-electron chi connectivity index (χ1n) is 4.97. The van der Waals surface area contributed by atoms with E-state index in [1.807, 2.05) is 6.21 Å². The quantitative estimate of drug-likeness (QED) is 0.776. The van der Waals surface area contributed by atoms with Crippen molar-refractivity contribution in [1.82, 2.24) is 9.91 Å². The van der Waals surface area contributed by atoms with Crippen molar-refractivity contribution in [2.75, 3.05) is 33.2 Å². The molecule has 82 valence electrons. The molecule has 1 saturated heterocycles. The molecule has 0 atom stereocenters. The third-order valence-corrected chi connectivity index (χ3v) is 3.98. The van der Waals surface area contributed by atoms with Crippen LogP contribution in [0.15, 0.2) is 21.0 Å². The van der Waals surface area contributed by atoms with Crippen LogP contribution >= 0.6 is 27.3 Å². The van der Waals surface area contributed by atoms with Gasteiger partial charge in [-0.05, 0) is 35.1 Å². The second-order valence-corrected chi connectivity index (χ2v) is 6.14. The van der Waals surface area contributed by atoms with Crippen molar-refractivity contribution in [2.24, 2.45) is 5.10 Å². The average molecular weight is 288 g/mol. The molecule has 2 rings (SSSR count). The Hall–Kier alpha value is -0.390. The lowest BCUT2D eigenvalue weighted by Crippen LogP contribution is -2.41. The Morgan fingerprint density at radius 3 is 2.67 bits per heavy atom. The van der Waals surface area contributed by atoms with Gasteiger partial charge in [-0.25, -0.2) is 0 Å². The molecule has 0 bridgehead atoms. The lowest BCUT2D eigenvalue weighted by atomic mass is 10.4. The molecule has 1 aliphatic rings. The summed E-state index contributed by atoms with van der Waals surface area (Å²) in [7, 11) is 2.15. The van der Waals surface area contributed by atoms with E-state index in [1.165, 1.54) is 4.88 Å². The molecule has 0 saturated carbocycles. The largest absolute Gasteiger partial charge is 0.303 e. The fourth-order valence-corrected chi connectivity index (χ4v) is 2.74. The van der Waals surface area contributed by atoms with Crippen molar-refractivity contribution in [3.8, 4) is 0 Å². The van der Waals surface area contributed by atoms with E-state index in [1.54, 1.807) is 11.3 Å². The number of hydrogen-bond donors (Lipinski definition) is 0. The van der Waals surface area contributed by atoms with E-state index >= 15 is 0 Å². The van der Waals surface area contributed by atoms with E-state index in [2.05, 4.69) is 50.1 Å². The summed E-state index contributed by atoms with van der Waals surface area (Å²) in [4.78, 5) is 3.52. The second kappa shape index (κ2) is 5.09. The minimum absolute atomic E-state index is 1.03. The van der Waals surface area contributed by atoms with E-state index in [0.29, 0.717) is 0 Å². The highest BCUT2D eigenvalue weighted by atomic mass is 79.9. The monoisotopic (exact) mass is 287 g/mol. The highest BCUT2D eigenvalue weighted by Crippen LogP contribution is 2.20. The summed E-state index contributed by atoms with van der Waals surface area (Å²) in [5.41, 5.74) is 0. The third-order valence-electron chi connectivity index (χ3n) is 2.42. The maximum absolute atomic E-state index is 4.47. The van der Waals surface area contributed by atoms with Gasteiger partial charge < -0.3 is 4.90 Å². The first-order valence-corrected chi connectivity index (χ1v) is 6.58. The lowest BCUT2D eigenvalue weighted by Gasteiger charge is -2.30. The van der Waals surface area contributed by atoms with Gasteiger partial charge in [0.15, 0.2) is 0 Å². The molecule has 0 spiro atoms. The van der Waals surface area contributed by atoms with Gasteiger partial charge in [-0.1, -0.05) is 0 Å². The molecule has 0 amide bonds. The van der Waals surface area contributed by atoms with Crippen LogP contribution in [-0.2, 0) is 0 Å². The Morgan fingerprint density at radius 2 is 2.07 bits per heavy atom. The molecular formula is C10H14BrN3S. The van der Waals surface area contributed by atoms with Crippen molar-refractivity contribution in [1.29, 1.82) is 0 Å². The first kappa shape index (κ1) is 11.1. The van der Waals surface area contributed by atoms with Crippen molar-refractivity contribution in [2.45, 2.75) is 0 Å². The molecule has 3 nitrogen and oxygen atoms in total. The molecule has 0 radical (unpaired) electrons. The van der Waals surface area contributed by atoms with Gasteiger partial charge in [-0.15, -0.1) is 11.3 Å². The fourth-order valence-electron chi connectivity index (χ4n) is 1.45. The molecule has 1 fully saturated rings. The van der Waals surface area contributed by atoms with Crippen LogP contribution in [0.5, 0.6) is 0 Å². The number of thiophene rings is 1. The van der Waals surface area contributed by atoms with Gasteiger partial charge in [0.2, 0.25) is 0 Å². The number of rotatable bonds is 2. The van der Waals surface area contributed by atoms with Crippen LogP contribution in [0.1, 0.15) is 4.88 Å². The predicted octanol–water partition coefficient (Wildman–Crippen LogP) is 2.09. The van der Waals surface area contributed by atoms with Crippen molar-refractivity contribution in [3.05, 3.63) is 20.8 Å². The summed E-state index contributed by atoms with van der Waals surface area (Å²) in [5.74, 6) is 0. The summed E-state index contributed by atoms with van der Waals surface area (Å²) in [6.45, 7) is 4.26. The number of hydrogen-bond acceptors (Lipinski definition) is 4. The summed E-state index contributed by atoms with van der Waals surface area (Å²) in [5, 5.41) is 6.61. The van der Waals surface area contributed by atoms with E-state index < -0.39 is 0 Å². The van der Waals surface area contributed by atoms with Gasteiger partial charge in [0.05, 0.1) is 10.0 Å². The minimum Gasteiger partial charge on any atom is -0.303 e. The number of likely N-dealkylation sites (N-methyl/N-ethyl adjacent to an activating group) is 1. The summed E-state index contributed by atoms with van der Waals surface area (Å²) >= 11 is 5.15. The molecule has 1 aliphatic heterocycles. The van der Waals surface area contributed by atoms with E-state index in [-0.39, 0.29) is 0 Å². The van der Waals surface area contributed by atoms with Gasteiger partial charge in [0.1, 0.15) is 0 Å². The SMILES string of the molecule is CN1CCN(N=Cc2ccc(Br)s2)CC1. The van der Waals surface area contributed by atoms with Gasteiger partial charge >= 0.3 is 0 Å². The van der Waals surface area contributed by atoms with Crippen LogP contribution in [0.3, 0.4) is 0 Å². The number of hydrazone groups is 1. The molecule has 0 aromatic carbocycles. The van der Waals surface area contributed by atoms with Crippen LogP contribution in [0.25, 0.3) is 0 Å². The van der Waals surface area contributed by atoms with Gasteiger partial charge in [0, 0.05) is 31.1 Å². The Kier molecular flexibility index (Phi) is 3.77. The fraction of sp³-hybridized carbons (Fsp3) is 0.500. The smallest absolute Gasteiger partial charge is 0.0705 e. The van der Waals surface area contributed by atoms with E-state index in [9.17, 15) is 0 Å². The Bertz CT molecular complexity index is 342. The molecule has 0 aliphatic carbocycles. The predicted molar refractivity (Wildman–Crippen MR) is 68.7 cm³/mol. The third kappa shape index (κ3) is 3.29. The van der Waals surface area contributed by atoms with Crippen LogP contribution in [0.2, 0.25) is 0 Å². The Balaban J connectivity index is 1.89. The zero-order valence-corrected chi connectivity index (χ0v) is 11.1. The van der Waals surface area contributed by atoms with Gasteiger partial charge in [0.25, 0.3) is 0 Å². The number of piperazine rings is 1. The zero-order valence-electron chi connectivity index (χ0n) is 8.69. The normalized spacial score (nSPS) is 18.9. The van der Waals surface area contributed by atoms with Crippen LogP contribution in [0, 0.1) is 0 Å². The molecular weight excluding hydrogens is 274 g/mol. The molecule has 5 heteroatoms. The molecule has 15 heavy (non-hydrogen) atoms. The molecule has 2 heterocycles. The van der Waals surface area contributed by atoms with Gasteiger partial charge in [-0.3, -0.25) is 5.01 Å². The van der Waals surface area contributed by atoms with Crippen molar-refractivity contribution in [3.63, 3.8) is 0 Å². The summed E-state index contributed by atoms with van der Waals surface area (Å²) in [6.07, 6.45) is 1.95. The number of halogens is 1. The topological polar surface area (TPSA) is 18.8 Å². The van der Waals surface area contributed by atoms with Gasteiger partial charge in [-0.2, -0.15) is 5.10 Å². The maximum atomic E-state index is 4.47. The zero-order chi connectivity index (χ0) is 10.7. The first-order chi connectivity index (χ1) is 7.24. The van der Waals surface area contributed by atoms with Crippen LogP contribution < -0.4 is 0 Å². The number of nitrogens with zero attached hydrogens (tertiary/aromatic N) is 3. The minimum atomic E-state index is 1.03.